The molecule has 0 heterocycles. The van der Waals surface area contributed by atoms with Gasteiger partial charge in [0.1, 0.15) is 5.82 Å². The van der Waals surface area contributed by atoms with Gasteiger partial charge in [0.05, 0.1) is 6.42 Å². The summed E-state index contributed by atoms with van der Waals surface area (Å²) in [5.41, 5.74) is -0.485. The van der Waals surface area contributed by atoms with Crippen LogP contribution in [0.2, 0.25) is 0 Å². The Hall–Kier alpha value is -2.00. The molecule has 122 valence electrons. The fourth-order valence-corrected chi connectivity index (χ4v) is 1.35. The van der Waals surface area contributed by atoms with E-state index >= 15 is 0 Å². The van der Waals surface area contributed by atoms with Crippen LogP contribution in [0.3, 0.4) is 0 Å². The quantitative estimate of drug-likeness (QED) is 0.466. The zero-order valence-electron chi connectivity index (χ0n) is 10.4. The predicted molar refractivity (Wildman–Crippen MR) is 56.3 cm³/mol. The van der Waals surface area contributed by atoms with Crippen LogP contribution >= 0.6 is 0 Å². The second kappa shape index (κ2) is 5.65. The van der Waals surface area contributed by atoms with Crippen molar-refractivity contribution < 1.29 is 44.7 Å². The lowest BCUT2D eigenvalue weighted by atomic mass is 9.99. The Morgan fingerprint density at radius 1 is 0.864 bits per heavy atom. The number of hydrogen-bond donors (Lipinski definition) is 0. The first-order valence-corrected chi connectivity index (χ1v) is 5.45. The van der Waals surface area contributed by atoms with Crippen molar-refractivity contribution in [1.82, 2.24) is 0 Å². The van der Waals surface area contributed by atoms with Crippen molar-refractivity contribution in [2.45, 2.75) is 24.4 Å². The molecule has 0 aliphatic rings. The molecule has 0 bridgehead atoms. The smallest absolute Gasteiger partial charge is 0.294 e. The highest BCUT2D eigenvalue weighted by molar-refractivity contribution is 6.10. The molecule has 0 atom stereocenters. The van der Waals surface area contributed by atoms with E-state index in [1.165, 1.54) is 0 Å². The molecule has 0 spiro atoms. The predicted octanol–water partition coefficient (Wildman–Crippen LogP) is 3.80. The molecule has 1 rings (SSSR count). The molecule has 0 aliphatic heterocycles. The third-order valence-electron chi connectivity index (χ3n) is 2.59. The molecule has 0 aliphatic carbocycles. The lowest BCUT2D eigenvalue weighted by Crippen LogP contribution is -2.56. The van der Waals surface area contributed by atoms with Crippen LogP contribution in [0.4, 0.5) is 35.1 Å². The monoisotopic (exact) mass is 334 g/mol. The first kappa shape index (κ1) is 18.1. The van der Waals surface area contributed by atoms with Crippen molar-refractivity contribution in [2.75, 3.05) is 0 Å². The summed E-state index contributed by atoms with van der Waals surface area (Å²) < 4.78 is 99.4. The van der Waals surface area contributed by atoms with E-state index in [1.807, 2.05) is 0 Å². The van der Waals surface area contributed by atoms with Gasteiger partial charge in [-0.3, -0.25) is 9.59 Å². The van der Waals surface area contributed by atoms with Crippen LogP contribution in [-0.4, -0.2) is 29.6 Å². The van der Waals surface area contributed by atoms with Gasteiger partial charge in [0.25, 0.3) is 0 Å². The number of hydrogen-bond acceptors (Lipinski definition) is 2. The molecule has 1 aromatic rings. The van der Waals surface area contributed by atoms with Gasteiger partial charge in [-0.1, -0.05) is 0 Å². The molecule has 0 unspecified atom stereocenters. The number of halogens is 8. The number of alkyl halides is 7. The molecular weight excluding hydrogens is 328 g/mol. The molecule has 1 aromatic carbocycles. The van der Waals surface area contributed by atoms with E-state index in [4.69, 9.17) is 0 Å². The molecule has 22 heavy (non-hydrogen) atoms. The van der Waals surface area contributed by atoms with Gasteiger partial charge >= 0.3 is 18.0 Å². The summed E-state index contributed by atoms with van der Waals surface area (Å²) in [5, 5.41) is 0. The van der Waals surface area contributed by atoms with E-state index in [0.717, 1.165) is 24.3 Å². The maximum Gasteiger partial charge on any atom is 0.460 e. The van der Waals surface area contributed by atoms with E-state index in [1.54, 1.807) is 0 Å². The number of Topliss-reactive ketones (excluding diaryl/α,β-unsaturated/α-hetero) is 2. The Morgan fingerprint density at radius 3 is 1.73 bits per heavy atom. The zero-order chi connectivity index (χ0) is 17.3. The average Bonchev–Trinajstić information content (AvgIpc) is 2.37. The fourth-order valence-electron chi connectivity index (χ4n) is 1.35. The summed E-state index contributed by atoms with van der Waals surface area (Å²) in [6, 6.07) is 2.98. The highest BCUT2D eigenvalue weighted by atomic mass is 19.4. The van der Waals surface area contributed by atoms with Gasteiger partial charge in [0, 0.05) is 5.56 Å². The Kier molecular flexibility index (Phi) is 4.64. The van der Waals surface area contributed by atoms with Gasteiger partial charge < -0.3 is 0 Å². The third kappa shape index (κ3) is 3.25. The molecular formula is C12H6F8O2. The fraction of sp³-hybridized carbons (Fsp3) is 0.333. The van der Waals surface area contributed by atoms with E-state index in [2.05, 4.69) is 0 Å². The van der Waals surface area contributed by atoms with Crippen LogP contribution in [0.25, 0.3) is 0 Å². The average molecular weight is 334 g/mol. The van der Waals surface area contributed by atoms with Crippen molar-refractivity contribution in [3.8, 4) is 0 Å². The third-order valence-corrected chi connectivity index (χ3v) is 2.59. The van der Waals surface area contributed by atoms with Crippen molar-refractivity contribution in [1.29, 1.82) is 0 Å². The van der Waals surface area contributed by atoms with Gasteiger partial charge in [-0.25, -0.2) is 4.39 Å². The number of benzene rings is 1. The topological polar surface area (TPSA) is 34.1 Å². The van der Waals surface area contributed by atoms with Gasteiger partial charge in [-0.2, -0.15) is 30.7 Å². The SMILES string of the molecule is O=C(CC(=O)C(F)(F)C(F)(F)C(F)(F)F)c1ccc(F)cc1. The van der Waals surface area contributed by atoms with Crippen LogP contribution in [0, 0.1) is 5.82 Å². The summed E-state index contributed by atoms with van der Waals surface area (Å²) in [5.74, 6) is -17.8. The van der Waals surface area contributed by atoms with Gasteiger partial charge in [0.2, 0.25) is 5.78 Å². The largest absolute Gasteiger partial charge is 0.460 e. The van der Waals surface area contributed by atoms with Crippen LogP contribution < -0.4 is 0 Å². The molecule has 0 amide bonds. The van der Waals surface area contributed by atoms with E-state index in [-0.39, 0.29) is 0 Å². The second-order valence-corrected chi connectivity index (χ2v) is 4.18. The highest BCUT2D eigenvalue weighted by Crippen LogP contribution is 2.47. The van der Waals surface area contributed by atoms with E-state index in [0.29, 0.717) is 0 Å². The maximum absolute atomic E-state index is 13.0. The Balaban J connectivity index is 2.96. The zero-order valence-corrected chi connectivity index (χ0v) is 10.4. The van der Waals surface area contributed by atoms with Crippen LogP contribution in [-0.2, 0) is 4.79 Å². The number of carbonyl (C=O) groups is 2. The number of rotatable bonds is 5. The number of carbonyl (C=O) groups excluding carboxylic acids is 2. The van der Waals surface area contributed by atoms with Crippen LogP contribution in [0.1, 0.15) is 16.8 Å². The molecule has 0 fully saturated rings. The summed E-state index contributed by atoms with van der Waals surface area (Å²) in [7, 11) is 0. The summed E-state index contributed by atoms with van der Waals surface area (Å²) in [6.07, 6.45) is -8.55. The summed E-state index contributed by atoms with van der Waals surface area (Å²) >= 11 is 0. The first-order chi connectivity index (χ1) is 9.80. The van der Waals surface area contributed by atoms with Crippen molar-refractivity contribution >= 4 is 11.6 Å². The number of ketones is 2. The lowest BCUT2D eigenvalue weighted by Gasteiger charge is -2.26. The van der Waals surface area contributed by atoms with Crippen LogP contribution in [0.5, 0.6) is 0 Å². The van der Waals surface area contributed by atoms with Crippen molar-refractivity contribution in [3.63, 3.8) is 0 Å². The normalized spacial score (nSPS) is 13.1. The summed E-state index contributed by atoms with van der Waals surface area (Å²) in [4.78, 5) is 22.4. The molecule has 0 saturated heterocycles. The molecule has 2 nitrogen and oxygen atoms in total. The molecule has 0 N–H and O–H groups in total. The van der Waals surface area contributed by atoms with Crippen molar-refractivity contribution in [3.05, 3.63) is 35.6 Å². The van der Waals surface area contributed by atoms with E-state index in [9.17, 15) is 44.7 Å². The molecule has 10 heteroatoms. The minimum Gasteiger partial charge on any atom is -0.294 e. The van der Waals surface area contributed by atoms with Gasteiger partial charge in [-0.15, -0.1) is 0 Å². The van der Waals surface area contributed by atoms with Crippen LogP contribution in [0.15, 0.2) is 24.3 Å². The maximum atomic E-state index is 13.0. The Labute approximate surface area is 117 Å². The lowest BCUT2D eigenvalue weighted by molar-refractivity contribution is -0.343. The molecule has 0 aromatic heterocycles. The van der Waals surface area contributed by atoms with Gasteiger partial charge in [0.15, 0.2) is 5.78 Å². The highest BCUT2D eigenvalue weighted by Gasteiger charge is 2.75. The summed E-state index contributed by atoms with van der Waals surface area (Å²) in [6.45, 7) is 0. The minimum atomic E-state index is -6.66. The molecule has 0 radical (unpaired) electrons. The van der Waals surface area contributed by atoms with Gasteiger partial charge in [-0.05, 0) is 24.3 Å². The first-order valence-electron chi connectivity index (χ1n) is 5.45. The second-order valence-electron chi connectivity index (χ2n) is 4.18. The Bertz CT molecular complexity index is 574. The van der Waals surface area contributed by atoms with Crippen molar-refractivity contribution in [2.24, 2.45) is 0 Å². The van der Waals surface area contributed by atoms with E-state index < -0.39 is 47.4 Å². The standard InChI is InChI=1S/C12H6F8O2/c13-7-3-1-6(2-4-7)8(21)5-9(22)10(14,15)11(16,17)12(18,19)20/h1-4H,5H2. The minimum absolute atomic E-state index is 0.485. The Morgan fingerprint density at radius 2 is 1.32 bits per heavy atom. The molecule has 0 saturated carbocycles.